The Morgan fingerprint density at radius 3 is 1.43 bits per heavy atom. The second-order valence-corrected chi connectivity index (χ2v) is 0.890. The summed E-state index contributed by atoms with van der Waals surface area (Å²) in [4.78, 5) is 0. The zero-order chi connectivity index (χ0) is 5.86. The van der Waals surface area contributed by atoms with Crippen molar-refractivity contribution in [3.63, 3.8) is 0 Å². The van der Waals surface area contributed by atoms with Gasteiger partial charge in [0.25, 0.3) is 11.9 Å². The predicted molar refractivity (Wildman–Crippen MR) is 24.6 cm³/mol. The lowest BCUT2D eigenvalue weighted by atomic mass is 10.9. The van der Waals surface area contributed by atoms with Gasteiger partial charge in [-0.2, -0.15) is 0 Å². The molecule has 0 heterocycles. The van der Waals surface area contributed by atoms with Gasteiger partial charge in [-0.1, -0.05) is 0 Å². The van der Waals surface area contributed by atoms with Gasteiger partial charge in [-0.15, -0.1) is 0 Å². The van der Waals surface area contributed by atoms with Crippen LogP contribution in [0.2, 0.25) is 0 Å². The van der Waals surface area contributed by atoms with E-state index in [-0.39, 0.29) is 0 Å². The fourth-order valence-electron chi connectivity index (χ4n) is 0.136. The van der Waals surface area contributed by atoms with Crippen LogP contribution in [0.25, 0.3) is 0 Å². The van der Waals surface area contributed by atoms with E-state index in [9.17, 15) is 0 Å². The van der Waals surface area contributed by atoms with E-state index >= 15 is 0 Å². The van der Waals surface area contributed by atoms with Gasteiger partial charge in [-0.05, 0) is 13.2 Å². The molecule has 0 spiro atoms. The highest BCUT2D eigenvalue weighted by molar-refractivity contribution is 4.73. The summed E-state index contributed by atoms with van der Waals surface area (Å²) in [5.74, 6) is -1.12. The molecule has 0 aliphatic carbocycles. The highest BCUT2D eigenvalue weighted by Gasteiger charge is 1.86. The van der Waals surface area contributed by atoms with E-state index in [1.807, 2.05) is 0 Å². The molecule has 3 heteroatoms. The minimum absolute atomic E-state index is 0.562. The Balaban J connectivity index is 3.32. The molecule has 0 rings (SSSR count). The second kappa shape index (κ2) is 2.12. The third kappa shape index (κ3) is 4.88. The number of ether oxygens (including phenoxy) is 1. The Morgan fingerprint density at radius 2 is 1.43 bits per heavy atom. The van der Waals surface area contributed by atoms with Crippen LogP contribution in [-0.4, -0.2) is 10.2 Å². The van der Waals surface area contributed by atoms with E-state index in [0.29, 0.717) is 0 Å². The summed E-state index contributed by atoms with van der Waals surface area (Å²) in [7, 11) is 0. The molecule has 0 aromatic carbocycles. The fourth-order valence-corrected chi connectivity index (χ4v) is 0.136. The molecule has 0 fully saturated rings. The topological polar surface area (TPSA) is 49.7 Å². The van der Waals surface area contributed by atoms with Crippen LogP contribution in [0.15, 0.2) is 25.0 Å². The van der Waals surface area contributed by atoms with E-state index in [4.69, 9.17) is 10.2 Å². The maximum absolute atomic E-state index is 8.09. The SMILES string of the molecule is C=C(O)OC(=C)O. The number of aliphatic hydroxyl groups is 2. The van der Waals surface area contributed by atoms with Gasteiger partial charge in [0.05, 0.1) is 0 Å². The molecule has 40 valence electrons. The van der Waals surface area contributed by atoms with E-state index in [1.54, 1.807) is 0 Å². The largest absolute Gasteiger partial charge is 0.481 e. The summed E-state index contributed by atoms with van der Waals surface area (Å²) in [6, 6.07) is 0. The first-order valence-electron chi connectivity index (χ1n) is 1.56. The highest BCUT2D eigenvalue weighted by Crippen LogP contribution is 1.91. The summed E-state index contributed by atoms with van der Waals surface area (Å²) in [5.41, 5.74) is 0. The lowest BCUT2D eigenvalue weighted by Crippen LogP contribution is -1.85. The minimum atomic E-state index is -0.562. The van der Waals surface area contributed by atoms with Crippen LogP contribution in [0.3, 0.4) is 0 Å². The van der Waals surface area contributed by atoms with Crippen molar-refractivity contribution in [1.29, 1.82) is 0 Å². The average Bonchev–Trinajstić information content (AvgIpc) is 1.27. The molecule has 0 aromatic rings. The number of aliphatic hydroxyl groups excluding tert-OH is 2. The molecule has 0 aliphatic rings. The third-order valence-corrected chi connectivity index (χ3v) is 0.236. The van der Waals surface area contributed by atoms with Gasteiger partial charge >= 0.3 is 0 Å². The monoisotopic (exact) mass is 102 g/mol. The van der Waals surface area contributed by atoms with Gasteiger partial charge in [0, 0.05) is 0 Å². The maximum atomic E-state index is 8.09. The average molecular weight is 102 g/mol. The zero-order valence-electron chi connectivity index (χ0n) is 3.72. The van der Waals surface area contributed by atoms with Crippen molar-refractivity contribution < 1.29 is 14.9 Å². The van der Waals surface area contributed by atoms with Gasteiger partial charge in [0.2, 0.25) is 0 Å². The number of rotatable bonds is 2. The lowest BCUT2D eigenvalue weighted by molar-refractivity contribution is 0.0716. The van der Waals surface area contributed by atoms with Crippen LogP contribution < -0.4 is 0 Å². The van der Waals surface area contributed by atoms with Crippen molar-refractivity contribution in [3.8, 4) is 0 Å². The molecule has 0 unspecified atom stereocenters. The third-order valence-electron chi connectivity index (χ3n) is 0.236. The van der Waals surface area contributed by atoms with Gasteiger partial charge in [0.15, 0.2) is 0 Å². The van der Waals surface area contributed by atoms with Crippen molar-refractivity contribution in [1.82, 2.24) is 0 Å². The summed E-state index contributed by atoms with van der Waals surface area (Å²) < 4.78 is 3.97. The fraction of sp³-hybridized carbons (Fsp3) is 0. The highest BCUT2D eigenvalue weighted by atomic mass is 16.7. The summed E-state index contributed by atoms with van der Waals surface area (Å²) in [6.07, 6.45) is 0. The van der Waals surface area contributed by atoms with Crippen LogP contribution in [0.5, 0.6) is 0 Å². The lowest BCUT2D eigenvalue weighted by Gasteiger charge is -1.95. The van der Waals surface area contributed by atoms with E-state index in [2.05, 4.69) is 17.9 Å². The van der Waals surface area contributed by atoms with E-state index in [1.165, 1.54) is 0 Å². The Labute approximate surface area is 41.2 Å². The Kier molecular flexibility index (Phi) is 1.78. The first kappa shape index (κ1) is 5.88. The molecule has 0 aromatic heterocycles. The minimum Gasteiger partial charge on any atom is -0.481 e. The maximum Gasteiger partial charge on any atom is 0.277 e. The standard InChI is InChI=1S/C4H6O3/c1-3(5)7-4(2)6/h5-6H,1-2H2. The molecule has 3 nitrogen and oxygen atoms in total. The molecular weight excluding hydrogens is 96.0 g/mol. The molecule has 0 amide bonds. The molecule has 0 radical (unpaired) electrons. The van der Waals surface area contributed by atoms with Crippen LogP contribution >= 0.6 is 0 Å². The quantitative estimate of drug-likeness (QED) is 0.512. The normalized spacial score (nSPS) is 7.43. The summed E-state index contributed by atoms with van der Waals surface area (Å²) in [5, 5.41) is 16.2. The molecule has 7 heavy (non-hydrogen) atoms. The van der Waals surface area contributed by atoms with Crippen LogP contribution in [0.4, 0.5) is 0 Å². The van der Waals surface area contributed by atoms with Gasteiger partial charge in [-0.3, -0.25) is 0 Å². The summed E-state index contributed by atoms with van der Waals surface area (Å²) in [6.45, 7) is 5.82. The Hall–Kier alpha value is -1.12. The van der Waals surface area contributed by atoms with E-state index in [0.717, 1.165) is 0 Å². The van der Waals surface area contributed by atoms with Gasteiger partial charge < -0.3 is 14.9 Å². The molecule has 0 aliphatic heterocycles. The molecule has 0 bridgehead atoms. The van der Waals surface area contributed by atoms with Crippen LogP contribution in [0, 0.1) is 0 Å². The predicted octanol–water partition coefficient (Wildman–Crippen LogP) is 1.06. The van der Waals surface area contributed by atoms with E-state index < -0.39 is 11.9 Å². The Morgan fingerprint density at radius 1 is 1.14 bits per heavy atom. The molecule has 0 saturated carbocycles. The zero-order valence-corrected chi connectivity index (χ0v) is 3.72. The molecule has 2 N–H and O–H groups in total. The van der Waals surface area contributed by atoms with Crippen molar-refractivity contribution in [3.05, 3.63) is 25.0 Å². The van der Waals surface area contributed by atoms with Crippen molar-refractivity contribution >= 4 is 0 Å². The number of hydrogen-bond donors (Lipinski definition) is 2. The van der Waals surface area contributed by atoms with Crippen LogP contribution in [-0.2, 0) is 4.74 Å². The van der Waals surface area contributed by atoms with Crippen molar-refractivity contribution in [2.45, 2.75) is 0 Å². The molecule has 0 atom stereocenters. The number of hydrogen-bond acceptors (Lipinski definition) is 3. The second-order valence-electron chi connectivity index (χ2n) is 0.890. The summed E-state index contributed by atoms with van der Waals surface area (Å²) >= 11 is 0. The molecule has 0 saturated heterocycles. The first-order valence-corrected chi connectivity index (χ1v) is 1.56. The van der Waals surface area contributed by atoms with Gasteiger partial charge in [-0.25, -0.2) is 0 Å². The van der Waals surface area contributed by atoms with Crippen molar-refractivity contribution in [2.75, 3.05) is 0 Å². The smallest absolute Gasteiger partial charge is 0.277 e. The Bertz CT molecular complexity index is 83.1. The first-order chi connectivity index (χ1) is 3.13. The molecular formula is C4H6O3. The van der Waals surface area contributed by atoms with Crippen LogP contribution in [0.1, 0.15) is 0 Å². The van der Waals surface area contributed by atoms with Crippen molar-refractivity contribution in [2.24, 2.45) is 0 Å². The van der Waals surface area contributed by atoms with Gasteiger partial charge in [0.1, 0.15) is 0 Å².